The lowest BCUT2D eigenvalue weighted by molar-refractivity contribution is -0.145. The molecule has 0 radical (unpaired) electrons. The third kappa shape index (κ3) is 4.19. The third-order valence-electron chi connectivity index (χ3n) is 4.52. The Morgan fingerprint density at radius 1 is 1.26 bits per heavy atom. The number of hydrogen-bond acceptors (Lipinski definition) is 3. The molecule has 144 valence electrons. The van der Waals surface area contributed by atoms with E-state index in [2.05, 4.69) is 25.7 Å². The highest BCUT2D eigenvalue weighted by Gasteiger charge is 2.27. The molecule has 1 unspecified atom stereocenters. The topological polar surface area (TPSA) is 109 Å². The number of fused-ring (bicyclic) bond motifs is 1. The number of rotatable bonds is 8. The van der Waals surface area contributed by atoms with E-state index in [1.54, 1.807) is 17.6 Å². The lowest BCUT2D eigenvalue weighted by Gasteiger charge is -2.14. The first-order valence-corrected chi connectivity index (χ1v) is 8.66. The molecule has 0 spiro atoms. The molecule has 7 nitrogen and oxygen atoms in total. The number of nitrogens with zero attached hydrogens (tertiary/aromatic N) is 1. The van der Waals surface area contributed by atoms with Gasteiger partial charge in [-0.05, 0) is 36.1 Å². The number of nitrogens with one attached hydrogen (secondary N) is 1. The van der Waals surface area contributed by atoms with Gasteiger partial charge in [0.1, 0.15) is 11.7 Å². The maximum atomic E-state index is 12.8. The maximum Gasteiger partial charge on any atom is 0.326 e. The number of aliphatic carboxylic acids is 2. The van der Waals surface area contributed by atoms with Crippen LogP contribution in [0.4, 0.5) is 0 Å². The van der Waals surface area contributed by atoms with Crippen molar-refractivity contribution in [1.29, 1.82) is 0 Å². The highest BCUT2D eigenvalue weighted by molar-refractivity contribution is 6.03. The quantitative estimate of drug-likeness (QED) is 0.618. The van der Waals surface area contributed by atoms with Gasteiger partial charge in [0, 0.05) is 17.4 Å². The monoisotopic (exact) mass is 372 g/mol. The number of allylic oxidation sites excluding steroid dienone is 1. The molecule has 1 amide bonds. The van der Waals surface area contributed by atoms with Gasteiger partial charge in [0.25, 0.3) is 5.91 Å². The Balaban J connectivity index is 2.55. The molecule has 0 fully saturated rings. The standard InChI is InChI=1S/C20H24N2O5/c1-5-8-22-16-7-6-13(11(2)3)9-14(16)12(4)18(22)19(25)21-15(20(26)27)10-17(23)24/h5-7,9,11,15H,1,8,10H2,2-4H3,(H,21,25)(H,23,24)(H,26,27). The van der Waals surface area contributed by atoms with E-state index >= 15 is 0 Å². The number of carboxylic acids is 2. The van der Waals surface area contributed by atoms with E-state index < -0.39 is 30.3 Å². The van der Waals surface area contributed by atoms with Crippen LogP contribution < -0.4 is 5.32 Å². The fourth-order valence-corrected chi connectivity index (χ4v) is 3.11. The minimum atomic E-state index is -1.50. The lowest BCUT2D eigenvalue weighted by atomic mass is 10.0. The summed E-state index contributed by atoms with van der Waals surface area (Å²) >= 11 is 0. The van der Waals surface area contributed by atoms with Gasteiger partial charge < -0.3 is 20.1 Å². The number of aryl methyl sites for hydroxylation is 1. The van der Waals surface area contributed by atoms with Crippen molar-refractivity contribution in [2.24, 2.45) is 0 Å². The molecule has 0 aliphatic heterocycles. The predicted molar refractivity (Wildman–Crippen MR) is 102 cm³/mol. The van der Waals surface area contributed by atoms with E-state index in [0.29, 0.717) is 23.7 Å². The van der Waals surface area contributed by atoms with Crippen LogP contribution in [0, 0.1) is 6.92 Å². The summed E-state index contributed by atoms with van der Waals surface area (Å²) in [5.74, 6) is -2.99. The molecular formula is C20H24N2O5. The second-order valence-corrected chi connectivity index (χ2v) is 6.77. The van der Waals surface area contributed by atoms with Crippen LogP contribution >= 0.6 is 0 Å². The van der Waals surface area contributed by atoms with Crippen molar-refractivity contribution in [2.45, 2.75) is 45.7 Å². The predicted octanol–water partition coefficient (Wildman–Crippen LogP) is 2.92. The smallest absolute Gasteiger partial charge is 0.326 e. The first-order valence-electron chi connectivity index (χ1n) is 8.66. The van der Waals surface area contributed by atoms with Gasteiger partial charge in [-0.1, -0.05) is 26.0 Å². The number of aromatic nitrogens is 1. The van der Waals surface area contributed by atoms with Crippen LogP contribution in [-0.2, 0) is 16.1 Å². The summed E-state index contributed by atoms with van der Waals surface area (Å²) in [6.45, 7) is 10.0. The molecule has 0 bridgehead atoms. The van der Waals surface area contributed by atoms with Crippen molar-refractivity contribution in [2.75, 3.05) is 0 Å². The molecule has 1 aromatic carbocycles. The van der Waals surface area contributed by atoms with Gasteiger partial charge in [-0.25, -0.2) is 4.79 Å². The zero-order valence-electron chi connectivity index (χ0n) is 15.7. The van der Waals surface area contributed by atoms with Gasteiger partial charge in [-0.2, -0.15) is 0 Å². The van der Waals surface area contributed by atoms with Crippen molar-refractivity contribution >= 4 is 28.7 Å². The summed E-state index contributed by atoms with van der Waals surface area (Å²) in [5, 5.41) is 21.3. The fraction of sp³-hybridized carbons (Fsp3) is 0.350. The van der Waals surface area contributed by atoms with Crippen LogP contribution in [0.25, 0.3) is 10.9 Å². The fourth-order valence-electron chi connectivity index (χ4n) is 3.11. The first kappa shape index (κ1) is 20.2. The normalized spacial score (nSPS) is 12.1. The average Bonchev–Trinajstić information content (AvgIpc) is 2.86. The van der Waals surface area contributed by atoms with E-state index in [-0.39, 0.29) is 0 Å². The maximum absolute atomic E-state index is 12.8. The first-order chi connectivity index (χ1) is 12.7. The Morgan fingerprint density at radius 3 is 2.44 bits per heavy atom. The second kappa shape index (κ2) is 8.07. The van der Waals surface area contributed by atoms with Crippen molar-refractivity contribution in [1.82, 2.24) is 9.88 Å². The Morgan fingerprint density at radius 2 is 1.93 bits per heavy atom. The Hall–Kier alpha value is -3.09. The average molecular weight is 372 g/mol. The highest BCUT2D eigenvalue weighted by Crippen LogP contribution is 2.29. The molecule has 1 atom stereocenters. The van der Waals surface area contributed by atoms with Crippen molar-refractivity contribution in [3.63, 3.8) is 0 Å². The summed E-state index contributed by atoms with van der Waals surface area (Å²) in [6, 6.07) is 4.45. The Labute approximate surface area is 157 Å². The second-order valence-electron chi connectivity index (χ2n) is 6.77. The molecule has 3 N–H and O–H groups in total. The van der Waals surface area contributed by atoms with Gasteiger partial charge in [-0.3, -0.25) is 9.59 Å². The summed E-state index contributed by atoms with van der Waals surface area (Å²) in [6.07, 6.45) is 0.956. The molecule has 2 aromatic rings. The minimum Gasteiger partial charge on any atom is -0.481 e. The molecule has 1 aromatic heterocycles. The molecule has 0 aliphatic rings. The lowest BCUT2D eigenvalue weighted by Crippen LogP contribution is -2.43. The molecule has 27 heavy (non-hydrogen) atoms. The molecule has 0 aliphatic carbocycles. The van der Waals surface area contributed by atoms with Gasteiger partial charge >= 0.3 is 11.9 Å². The third-order valence-corrected chi connectivity index (χ3v) is 4.52. The molecule has 0 saturated carbocycles. The molecule has 2 rings (SSSR count). The van der Waals surface area contributed by atoms with Crippen LogP contribution in [-0.4, -0.2) is 38.7 Å². The Kier molecular flexibility index (Phi) is 6.05. The van der Waals surface area contributed by atoms with E-state index in [4.69, 9.17) is 5.11 Å². The SMILES string of the molecule is C=CCn1c(C(=O)NC(CC(=O)O)C(=O)O)c(C)c2cc(C(C)C)ccc21. The molecule has 7 heteroatoms. The number of carbonyl (C=O) groups is 3. The Bertz CT molecular complexity index is 911. The minimum absolute atomic E-state index is 0.308. The van der Waals surface area contributed by atoms with Crippen LogP contribution in [0.1, 0.15) is 47.8 Å². The van der Waals surface area contributed by atoms with Crippen molar-refractivity contribution in [3.05, 3.63) is 47.7 Å². The summed E-state index contributed by atoms with van der Waals surface area (Å²) in [5.41, 5.74) is 2.99. The summed E-state index contributed by atoms with van der Waals surface area (Å²) < 4.78 is 1.76. The zero-order valence-corrected chi connectivity index (χ0v) is 15.7. The van der Waals surface area contributed by atoms with Gasteiger partial charge in [0.15, 0.2) is 0 Å². The zero-order chi connectivity index (χ0) is 20.3. The molecule has 1 heterocycles. The van der Waals surface area contributed by atoms with E-state index in [1.807, 2.05) is 18.2 Å². The van der Waals surface area contributed by atoms with E-state index in [0.717, 1.165) is 16.5 Å². The molecule has 0 saturated heterocycles. The van der Waals surface area contributed by atoms with Crippen LogP contribution in [0.5, 0.6) is 0 Å². The van der Waals surface area contributed by atoms with Crippen molar-refractivity contribution in [3.8, 4) is 0 Å². The van der Waals surface area contributed by atoms with E-state index in [9.17, 15) is 19.5 Å². The van der Waals surface area contributed by atoms with E-state index in [1.165, 1.54) is 0 Å². The summed E-state index contributed by atoms with van der Waals surface area (Å²) in [7, 11) is 0. The largest absolute Gasteiger partial charge is 0.481 e. The van der Waals surface area contributed by atoms with Crippen LogP contribution in [0.15, 0.2) is 30.9 Å². The van der Waals surface area contributed by atoms with Crippen LogP contribution in [0.2, 0.25) is 0 Å². The van der Waals surface area contributed by atoms with Crippen molar-refractivity contribution < 1.29 is 24.6 Å². The van der Waals surface area contributed by atoms with Gasteiger partial charge in [-0.15, -0.1) is 6.58 Å². The number of benzene rings is 1. The number of amides is 1. The number of hydrogen-bond donors (Lipinski definition) is 3. The summed E-state index contributed by atoms with van der Waals surface area (Å²) in [4.78, 5) is 35.0. The van der Waals surface area contributed by atoms with Gasteiger partial charge in [0.2, 0.25) is 0 Å². The highest BCUT2D eigenvalue weighted by atomic mass is 16.4. The number of carbonyl (C=O) groups excluding carboxylic acids is 1. The van der Waals surface area contributed by atoms with Crippen LogP contribution in [0.3, 0.4) is 0 Å². The van der Waals surface area contributed by atoms with Gasteiger partial charge in [0.05, 0.1) is 6.42 Å². The number of carboxylic acid groups (broad SMARTS) is 2. The molecular weight excluding hydrogens is 348 g/mol.